The Balaban J connectivity index is 2.07. The van der Waals surface area contributed by atoms with Gasteiger partial charge in [-0.25, -0.2) is 0 Å². The van der Waals surface area contributed by atoms with Gasteiger partial charge in [0.05, 0.1) is 16.6 Å². The normalized spacial score (nSPS) is 12.3. The molecular weight excluding hydrogens is 329 g/mol. The molecule has 122 valence electrons. The van der Waals surface area contributed by atoms with Gasteiger partial charge in [-0.2, -0.15) is 0 Å². The van der Waals surface area contributed by atoms with Gasteiger partial charge in [-0.1, -0.05) is 61.3 Å². The van der Waals surface area contributed by atoms with Crippen LogP contribution in [0.4, 0.5) is 5.69 Å². The second-order valence-electron chi connectivity index (χ2n) is 6.17. The SMILES string of the molecule is CC(C)Cc1ccc(C(C)C(=O)Nc2ccc(Cl)cc2Cl)cc1. The molecule has 0 heterocycles. The van der Waals surface area contributed by atoms with E-state index in [2.05, 4.69) is 31.3 Å². The van der Waals surface area contributed by atoms with Crippen LogP contribution in [0.5, 0.6) is 0 Å². The first-order valence-electron chi connectivity index (χ1n) is 7.71. The zero-order valence-corrected chi connectivity index (χ0v) is 15.1. The van der Waals surface area contributed by atoms with Gasteiger partial charge in [0.25, 0.3) is 0 Å². The highest BCUT2D eigenvalue weighted by Gasteiger charge is 2.16. The number of rotatable bonds is 5. The maximum atomic E-state index is 12.4. The lowest BCUT2D eigenvalue weighted by Crippen LogP contribution is -2.19. The van der Waals surface area contributed by atoms with Gasteiger partial charge >= 0.3 is 0 Å². The van der Waals surface area contributed by atoms with Gasteiger partial charge in [0.1, 0.15) is 0 Å². The molecule has 1 N–H and O–H groups in total. The van der Waals surface area contributed by atoms with E-state index >= 15 is 0 Å². The van der Waals surface area contributed by atoms with E-state index in [0.717, 1.165) is 12.0 Å². The number of hydrogen-bond donors (Lipinski definition) is 1. The van der Waals surface area contributed by atoms with Crippen molar-refractivity contribution in [3.05, 3.63) is 63.6 Å². The fourth-order valence-corrected chi connectivity index (χ4v) is 2.85. The van der Waals surface area contributed by atoms with E-state index < -0.39 is 0 Å². The summed E-state index contributed by atoms with van der Waals surface area (Å²) in [5.41, 5.74) is 2.85. The molecule has 0 saturated carbocycles. The summed E-state index contributed by atoms with van der Waals surface area (Å²) >= 11 is 12.0. The molecule has 0 radical (unpaired) electrons. The van der Waals surface area contributed by atoms with E-state index in [1.54, 1.807) is 18.2 Å². The van der Waals surface area contributed by atoms with Crippen molar-refractivity contribution in [1.29, 1.82) is 0 Å². The van der Waals surface area contributed by atoms with Gasteiger partial charge in [0.15, 0.2) is 0 Å². The highest BCUT2D eigenvalue weighted by atomic mass is 35.5. The van der Waals surface area contributed by atoms with Crippen LogP contribution in [0, 0.1) is 5.92 Å². The summed E-state index contributed by atoms with van der Waals surface area (Å²) in [5.74, 6) is 0.272. The summed E-state index contributed by atoms with van der Waals surface area (Å²) in [7, 11) is 0. The minimum Gasteiger partial charge on any atom is -0.324 e. The first kappa shape index (κ1) is 17.8. The van der Waals surface area contributed by atoms with E-state index in [4.69, 9.17) is 23.2 Å². The summed E-state index contributed by atoms with van der Waals surface area (Å²) in [4.78, 5) is 12.4. The van der Waals surface area contributed by atoms with Crippen molar-refractivity contribution in [2.75, 3.05) is 5.32 Å². The van der Waals surface area contributed by atoms with Gasteiger partial charge in [-0.05, 0) is 48.6 Å². The van der Waals surface area contributed by atoms with Gasteiger partial charge in [0.2, 0.25) is 5.91 Å². The molecule has 1 unspecified atom stereocenters. The van der Waals surface area contributed by atoms with Crippen LogP contribution in [-0.4, -0.2) is 5.91 Å². The van der Waals surface area contributed by atoms with Gasteiger partial charge < -0.3 is 5.32 Å². The third-order valence-corrected chi connectivity index (χ3v) is 4.25. The summed E-state index contributed by atoms with van der Waals surface area (Å²) in [5, 5.41) is 3.83. The molecule has 2 rings (SSSR count). The third-order valence-electron chi connectivity index (χ3n) is 3.71. The van der Waals surface area contributed by atoms with Gasteiger partial charge in [0, 0.05) is 5.02 Å². The van der Waals surface area contributed by atoms with Crippen molar-refractivity contribution >= 4 is 34.8 Å². The monoisotopic (exact) mass is 349 g/mol. The largest absolute Gasteiger partial charge is 0.324 e. The van der Waals surface area contributed by atoms with Crippen LogP contribution in [0.3, 0.4) is 0 Å². The van der Waals surface area contributed by atoms with E-state index in [-0.39, 0.29) is 11.8 Å². The lowest BCUT2D eigenvalue weighted by atomic mass is 9.96. The van der Waals surface area contributed by atoms with Gasteiger partial charge in [-0.3, -0.25) is 4.79 Å². The smallest absolute Gasteiger partial charge is 0.231 e. The van der Waals surface area contributed by atoms with E-state index in [1.807, 2.05) is 19.1 Å². The topological polar surface area (TPSA) is 29.1 Å². The summed E-state index contributed by atoms with van der Waals surface area (Å²) in [6.07, 6.45) is 1.04. The maximum absolute atomic E-state index is 12.4. The maximum Gasteiger partial charge on any atom is 0.231 e. The number of carbonyl (C=O) groups excluding carboxylic acids is 1. The predicted octanol–water partition coefficient (Wildman–Crippen LogP) is 5.93. The number of hydrogen-bond acceptors (Lipinski definition) is 1. The first-order chi connectivity index (χ1) is 10.9. The molecule has 0 aliphatic heterocycles. The lowest BCUT2D eigenvalue weighted by molar-refractivity contribution is -0.117. The van der Waals surface area contributed by atoms with Crippen molar-refractivity contribution < 1.29 is 4.79 Å². The molecule has 2 aromatic carbocycles. The van der Waals surface area contributed by atoms with Crippen molar-refractivity contribution in [3.63, 3.8) is 0 Å². The average Bonchev–Trinajstić information content (AvgIpc) is 2.49. The average molecular weight is 350 g/mol. The highest BCUT2D eigenvalue weighted by molar-refractivity contribution is 6.36. The molecule has 0 aromatic heterocycles. The third kappa shape index (κ3) is 4.98. The molecule has 0 bridgehead atoms. The minimum absolute atomic E-state index is 0.0918. The van der Waals surface area contributed by atoms with Crippen LogP contribution in [0.15, 0.2) is 42.5 Å². The van der Waals surface area contributed by atoms with E-state index in [1.165, 1.54) is 5.56 Å². The minimum atomic E-state index is -0.255. The Hall–Kier alpha value is -1.51. The molecule has 0 aliphatic carbocycles. The zero-order chi connectivity index (χ0) is 17.0. The van der Waals surface area contributed by atoms with Crippen LogP contribution in [0.25, 0.3) is 0 Å². The molecule has 2 aromatic rings. The van der Waals surface area contributed by atoms with Crippen molar-refractivity contribution in [3.8, 4) is 0 Å². The van der Waals surface area contributed by atoms with Crippen molar-refractivity contribution in [2.45, 2.75) is 33.1 Å². The molecule has 2 nitrogen and oxygen atoms in total. The number of benzene rings is 2. The van der Waals surface area contributed by atoms with Crippen LogP contribution in [0.2, 0.25) is 10.0 Å². The Morgan fingerprint density at radius 3 is 2.26 bits per heavy atom. The lowest BCUT2D eigenvalue weighted by Gasteiger charge is -2.14. The second-order valence-corrected chi connectivity index (χ2v) is 7.02. The van der Waals surface area contributed by atoms with Crippen LogP contribution < -0.4 is 5.32 Å². The fourth-order valence-electron chi connectivity index (χ4n) is 2.40. The Morgan fingerprint density at radius 1 is 1.04 bits per heavy atom. The summed E-state index contributed by atoms with van der Waals surface area (Å²) in [6.45, 7) is 6.27. The fraction of sp³-hybridized carbons (Fsp3) is 0.316. The predicted molar refractivity (Wildman–Crippen MR) is 98.5 cm³/mol. The standard InChI is InChI=1S/C19H21Cl2NO/c1-12(2)10-14-4-6-15(7-5-14)13(3)19(23)22-18-9-8-16(20)11-17(18)21/h4-9,11-13H,10H2,1-3H3,(H,22,23). The molecule has 1 atom stereocenters. The van der Waals surface area contributed by atoms with Crippen molar-refractivity contribution in [1.82, 2.24) is 0 Å². The molecule has 4 heteroatoms. The summed E-state index contributed by atoms with van der Waals surface area (Å²) in [6, 6.07) is 13.2. The molecule has 0 saturated heterocycles. The van der Waals surface area contributed by atoms with Crippen LogP contribution >= 0.6 is 23.2 Å². The zero-order valence-electron chi connectivity index (χ0n) is 13.6. The van der Waals surface area contributed by atoms with Gasteiger partial charge in [-0.15, -0.1) is 0 Å². The van der Waals surface area contributed by atoms with Crippen molar-refractivity contribution in [2.24, 2.45) is 5.92 Å². The Morgan fingerprint density at radius 2 is 1.70 bits per heavy atom. The molecule has 0 aliphatic rings. The van der Waals surface area contributed by atoms with Crippen LogP contribution in [-0.2, 0) is 11.2 Å². The Labute approximate surface area is 147 Å². The number of anilines is 1. The quantitative estimate of drug-likeness (QED) is 0.711. The van der Waals surface area contributed by atoms with Crippen LogP contribution in [0.1, 0.15) is 37.8 Å². The number of halogens is 2. The molecule has 23 heavy (non-hydrogen) atoms. The molecule has 1 amide bonds. The second kappa shape index (κ2) is 7.85. The molecule has 0 fully saturated rings. The molecule has 0 spiro atoms. The Kier molecular flexibility index (Phi) is 6.09. The number of carbonyl (C=O) groups is 1. The van der Waals surface area contributed by atoms with E-state index in [9.17, 15) is 4.79 Å². The van der Waals surface area contributed by atoms with E-state index in [0.29, 0.717) is 21.7 Å². The summed E-state index contributed by atoms with van der Waals surface area (Å²) < 4.78 is 0. The highest BCUT2D eigenvalue weighted by Crippen LogP contribution is 2.27. The number of amides is 1. The first-order valence-corrected chi connectivity index (χ1v) is 8.47. The number of nitrogens with one attached hydrogen (secondary N) is 1. The molecular formula is C19H21Cl2NO. The Bertz CT molecular complexity index is 680.